The van der Waals surface area contributed by atoms with E-state index in [1.807, 2.05) is 74.7 Å². The third-order valence-corrected chi connectivity index (χ3v) is 15.7. The van der Waals surface area contributed by atoms with Crippen LogP contribution in [0.15, 0.2) is 78.9 Å². The van der Waals surface area contributed by atoms with Crippen LogP contribution in [-0.4, -0.2) is 107 Å². The molecule has 2 saturated heterocycles. The van der Waals surface area contributed by atoms with Gasteiger partial charge < -0.3 is 19.1 Å². The number of allylic oxidation sites excluding steroid dienone is 1. The van der Waals surface area contributed by atoms with Crippen LogP contribution in [0.5, 0.6) is 5.75 Å². The number of hydrogen-bond acceptors (Lipinski definition) is 9. The fraction of sp³-hybridized carbons (Fsp3) is 0.543. The third kappa shape index (κ3) is 9.15. The molecule has 1 N–H and O–H groups in total. The molecule has 0 radical (unpaired) electrons. The highest BCUT2D eigenvalue weighted by atomic mass is 35.5. The molecule has 3 aromatic carbocycles. The van der Waals surface area contributed by atoms with Crippen molar-refractivity contribution in [2.75, 3.05) is 71.0 Å². The van der Waals surface area contributed by atoms with Gasteiger partial charge in [-0.25, -0.2) is 13.1 Å². The fourth-order valence-electron chi connectivity index (χ4n) is 10.0. The number of piperazine rings is 1. The van der Waals surface area contributed by atoms with Gasteiger partial charge in [-0.05, 0) is 110 Å². The van der Waals surface area contributed by atoms with Crippen molar-refractivity contribution in [1.82, 2.24) is 14.5 Å². The first-order valence-corrected chi connectivity index (χ1v) is 23.2. The van der Waals surface area contributed by atoms with E-state index in [4.69, 9.17) is 25.8 Å². The van der Waals surface area contributed by atoms with E-state index in [1.54, 1.807) is 6.07 Å². The topological polar surface area (TPSA) is 101 Å². The highest BCUT2D eigenvalue weighted by molar-refractivity contribution is 7.90. The Hall–Kier alpha value is -3.45. The second kappa shape index (κ2) is 18.0. The number of benzene rings is 3. The number of nitrogens with one attached hydrogen (secondary N) is 1. The molecule has 1 unspecified atom stereocenters. The molecule has 3 aromatic rings. The van der Waals surface area contributed by atoms with Crippen LogP contribution in [0, 0.1) is 17.8 Å². The normalized spacial score (nSPS) is 30.2. The summed E-state index contributed by atoms with van der Waals surface area (Å²) in [5, 5.41) is -0.135. The van der Waals surface area contributed by atoms with Crippen LogP contribution < -0.4 is 14.4 Å². The maximum absolute atomic E-state index is 14.4. The average Bonchev–Trinajstić information content (AvgIpc) is 3.24. The number of anilines is 1. The summed E-state index contributed by atoms with van der Waals surface area (Å²) in [6.45, 7) is 10.0. The summed E-state index contributed by atoms with van der Waals surface area (Å²) in [6.07, 6.45) is 10.1. The van der Waals surface area contributed by atoms with Gasteiger partial charge in [0.15, 0.2) is 0 Å². The monoisotopic (exact) mass is 830 g/mol. The number of aryl methyl sites for hydroxylation is 1. The Labute approximate surface area is 349 Å². The number of fused-ring (bicyclic) bond motifs is 4. The maximum atomic E-state index is 14.4. The molecule has 0 aromatic heterocycles. The number of sulfonamides is 1. The molecule has 12 heteroatoms. The molecule has 0 spiro atoms. The van der Waals surface area contributed by atoms with E-state index < -0.39 is 26.8 Å². The van der Waals surface area contributed by atoms with Crippen molar-refractivity contribution in [3.05, 3.63) is 106 Å². The van der Waals surface area contributed by atoms with Gasteiger partial charge in [-0.2, -0.15) is 0 Å². The lowest BCUT2D eigenvalue weighted by molar-refractivity contribution is -0.108. The Morgan fingerprint density at radius 1 is 0.966 bits per heavy atom. The van der Waals surface area contributed by atoms with E-state index in [0.29, 0.717) is 41.3 Å². The Morgan fingerprint density at radius 3 is 2.64 bits per heavy atom. The van der Waals surface area contributed by atoms with E-state index in [9.17, 15) is 13.2 Å². The highest BCUT2D eigenvalue weighted by Crippen LogP contribution is 2.47. The van der Waals surface area contributed by atoms with Crippen LogP contribution in [0.25, 0.3) is 0 Å². The average molecular weight is 832 g/mol. The second-order valence-electron chi connectivity index (χ2n) is 17.2. The van der Waals surface area contributed by atoms with Crippen LogP contribution in [-0.2, 0) is 38.9 Å². The van der Waals surface area contributed by atoms with E-state index in [1.165, 1.54) is 5.56 Å². The van der Waals surface area contributed by atoms with Crippen LogP contribution >= 0.6 is 11.6 Å². The van der Waals surface area contributed by atoms with Gasteiger partial charge >= 0.3 is 0 Å². The number of ether oxygens (including phenoxy) is 3. The first kappa shape index (κ1) is 41.3. The van der Waals surface area contributed by atoms with Crippen molar-refractivity contribution in [3.8, 4) is 5.75 Å². The number of amides is 1. The van der Waals surface area contributed by atoms with Gasteiger partial charge in [0.1, 0.15) is 18.0 Å². The number of methoxy groups -OCH3 is 1. The van der Waals surface area contributed by atoms with E-state index >= 15 is 0 Å². The number of rotatable bonds is 5. The Kier molecular flexibility index (Phi) is 12.8. The molecule has 58 heavy (non-hydrogen) atoms. The standard InChI is InChI=1S/C46H59ClN4O6S/c1-33-9-8-19-46(55-2,32-49-21-22-50-23-24-56-31-40(50)29-49)41-17-14-37(41)28-51-20-7-6-12-35-26-39(47)16-13-38(35)30-57-43-18-15-36(27-42(43)51)45(52)48-58(53,54)44(33)25-34-10-4-3-5-11-34/h3-5,8,10-11,13,15-16,18-19,26-27,33,37,40-41,44H,6-7,9,12,14,17,20-25,28-32H2,1-2H3,(H,48,52)/b19-8+/t33-,37-,40-,41?,44+,46-/m0/s1. The Balaban J connectivity index is 1.18. The van der Waals surface area contributed by atoms with Crippen molar-refractivity contribution in [1.29, 1.82) is 0 Å². The molecule has 10 nitrogen and oxygen atoms in total. The minimum absolute atomic E-state index is 0.238. The summed E-state index contributed by atoms with van der Waals surface area (Å²) in [5.74, 6) is 0.306. The molecule has 312 valence electrons. The summed E-state index contributed by atoms with van der Waals surface area (Å²) in [6, 6.07) is 21.4. The number of morpholine rings is 1. The van der Waals surface area contributed by atoms with Gasteiger partial charge in [-0.1, -0.05) is 67.1 Å². The van der Waals surface area contributed by atoms with Crippen molar-refractivity contribution in [2.45, 2.75) is 75.4 Å². The molecule has 4 heterocycles. The van der Waals surface area contributed by atoms with E-state index in [2.05, 4.69) is 31.6 Å². The Morgan fingerprint density at radius 2 is 1.83 bits per heavy atom. The smallest absolute Gasteiger partial charge is 0.264 e. The highest BCUT2D eigenvalue weighted by Gasteiger charge is 2.49. The lowest BCUT2D eigenvalue weighted by Crippen LogP contribution is -2.62. The summed E-state index contributed by atoms with van der Waals surface area (Å²) < 4.78 is 50.6. The summed E-state index contributed by atoms with van der Waals surface area (Å²) in [4.78, 5) is 21.6. The fourth-order valence-corrected chi connectivity index (χ4v) is 11.9. The minimum atomic E-state index is -4.12. The largest absolute Gasteiger partial charge is 0.487 e. The zero-order valence-electron chi connectivity index (χ0n) is 34.0. The van der Waals surface area contributed by atoms with Gasteiger partial charge in [-0.15, -0.1) is 0 Å². The molecular formula is C46H59ClN4O6S. The minimum Gasteiger partial charge on any atom is -0.487 e. The van der Waals surface area contributed by atoms with Gasteiger partial charge in [0.25, 0.3) is 5.91 Å². The number of halogens is 1. The van der Waals surface area contributed by atoms with Crippen molar-refractivity contribution >= 4 is 33.2 Å². The Bertz CT molecular complexity index is 2050. The number of carbonyl (C=O) groups excluding carboxylic acids is 1. The van der Waals surface area contributed by atoms with Crippen LogP contribution in [0.3, 0.4) is 0 Å². The molecule has 1 amide bonds. The van der Waals surface area contributed by atoms with E-state index in [-0.39, 0.29) is 18.3 Å². The first-order valence-electron chi connectivity index (χ1n) is 21.3. The second-order valence-corrected chi connectivity index (χ2v) is 19.5. The van der Waals surface area contributed by atoms with Gasteiger partial charge in [0.05, 0.1) is 24.2 Å². The predicted molar refractivity (Wildman–Crippen MR) is 229 cm³/mol. The molecule has 1 saturated carbocycles. The lowest BCUT2D eigenvalue weighted by Gasteiger charge is -2.53. The zero-order chi connectivity index (χ0) is 40.3. The molecule has 1 aliphatic carbocycles. The van der Waals surface area contributed by atoms with Crippen molar-refractivity contribution in [2.24, 2.45) is 17.8 Å². The predicted octanol–water partition coefficient (Wildman–Crippen LogP) is 6.76. The molecule has 6 atom stereocenters. The molecule has 5 aliphatic rings. The first-order chi connectivity index (χ1) is 28.1. The quantitative estimate of drug-likeness (QED) is 0.280. The van der Waals surface area contributed by atoms with Crippen molar-refractivity contribution < 1.29 is 27.4 Å². The molecule has 4 aliphatic heterocycles. The summed E-state index contributed by atoms with van der Waals surface area (Å²) in [7, 11) is -2.26. The summed E-state index contributed by atoms with van der Waals surface area (Å²) in [5.41, 5.74) is 3.70. The van der Waals surface area contributed by atoms with E-state index in [0.717, 1.165) is 108 Å². The molecular weight excluding hydrogens is 772 g/mol. The maximum Gasteiger partial charge on any atom is 0.264 e. The lowest BCUT2D eigenvalue weighted by atomic mass is 9.63. The molecule has 3 fully saturated rings. The SMILES string of the molecule is CO[C@]1(CN2CCN3CCOC[C@@H]3C2)/C=C/C[C@H](C)[C@@H](Cc2ccccc2)S(=O)(=O)NC(=O)c2ccc3c(c2)N(CCCCc2cc(Cl)ccc2CO3)C[C@@H]2CCC21. The summed E-state index contributed by atoms with van der Waals surface area (Å²) >= 11 is 6.45. The number of nitrogens with zero attached hydrogens (tertiary/aromatic N) is 3. The number of hydrogen-bond donors (Lipinski definition) is 1. The zero-order valence-corrected chi connectivity index (χ0v) is 35.6. The third-order valence-electron chi connectivity index (χ3n) is 13.6. The molecule has 2 bridgehead atoms. The van der Waals surface area contributed by atoms with Gasteiger partial charge in [-0.3, -0.25) is 14.6 Å². The van der Waals surface area contributed by atoms with Gasteiger partial charge in [0, 0.05) is 69.6 Å². The number of carbonyl (C=O) groups is 1. The van der Waals surface area contributed by atoms with Crippen LogP contribution in [0.1, 0.15) is 66.1 Å². The van der Waals surface area contributed by atoms with Gasteiger partial charge in [0.2, 0.25) is 10.0 Å². The molecule has 8 rings (SSSR count). The van der Waals surface area contributed by atoms with Crippen molar-refractivity contribution in [3.63, 3.8) is 0 Å². The van der Waals surface area contributed by atoms with Crippen LogP contribution in [0.2, 0.25) is 5.02 Å². The van der Waals surface area contributed by atoms with Crippen LogP contribution in [0.4, 0.5) is 5.69 Å².